The third kappa shape index (κ3) is 4.63. The van der Waals surface area contributed by atoms with Crippen molar-refractivity contribution >= 4 is 23.5 Å². The summed E-state index contributed by atoms with van der Waals surface area (Å²) in [6.45, 7) is 6.70. The average molecular weight is 457 g/mol. The number of alkyl carbamates (subject to hydrolysis) is 1. The number of amides is 1. The van der Waals surface area contributed by atoms with E-state index in [1.807, 2.05) is 30.5 Å². The Balaban J connectivity index is 1.26. The number of carbonyl (C=O) groups excluding carboxylic acids is 1. The Kier molecular flexibility index (Phi) is 5.88. The largest absolute Gasteiger partial charge is 0.443 e. The van der Waals surface area contributed by atoms with Gasteiger partial charge in [0.1, 0.15) is 17.9 Å². The quantitative estimate of drug-likeness (QED) is 0.501. The molecule has 0 bridgehead atoms. The zero-order valence-electron chi connectivity index (χ0n) is 18.8. The topological polar surface area (TPSA) is 112 Å². The number of halogens is 1. The van der Waals surface area contributed by atoms with E-state index in [4.69, 9.17) is 4.74 Å². The summed E-state index contributed by atoms with van der Waals surface area (Å²) in [5.41, 5.74) is 2.46. The number of alkyl halides is 1. The van der Waals surface area contributed by atoms with Crippen molar-refractivity contribution in [1.29, 1.82) is 0 Å². The number of ether oxygens (including phenoxy) is 1. The number of nitrogens with zero attached hydrogens (tertiary/aromatic N) is 5. The predicted octanol–water partition coefficient (Wildman–Crippen LogP) is 3.12. The summed E-state index contributed by atoms with van der Waals surface area (Å²) in [6.07, 6.45) is 3.31. The highest BCUT2D eigenvalue weighted by Crippen LogP contribution is 2.38. The number of hydrogen-bond donors (Lipinski definition) is 3. The highest BCUT2D eigenvalue weighted by molar-refractivity contribution is 5.67. The molecule has 3 aromatic rings. The lowest BCUT2D eigenvalue weighted by molar-refractivity contribution is 0.0555. The predicted molar refractivity (Wildman–Crippen MR) is 120 cm³/mol. The van der Waals surface area contributed by atoms with Gasteiger partial charge >= 0.3 is 6.09 Å². The molecule has 1 aliphatic heterocycles. The van der Waals surface area contributed by atoms with Gasteiger partial charge in [-0.1, -0.05) is 0 Å². The van der Waals surface area contributed by atoms with Crippen molar-refractivity contribution in [3.8, 4) is 0 Å². The Hall–Kier alpha value is -3.21. The molecule has 33 heavy (non-hydrogen) atoms. The van der Waals surface area contributed by atoms with Crippen molar-refractivity contribution in [2.24, 2.45) is 0 Å². The van der Waals surface area contributed by atoms with E-state index in [1.54, 1.807) is 12.3 Å². The Morgan fingerprint density at radius 2 is 2.21 bits per heavy atom. The first-order chi connectivity index (χ1) is 16.0. The van der Waals surface area contributed by atoms with Crippen LogP contribution in [0.1, 0.15) is 50.4 Å². The normalized spacial score (nSPS) is 23.1. The number of H-pyrrole nitrogens is 1. The summed E-state index contributed by atoms with van der Waals surface area (Å²) < 4.78 is 22.2. The van der Waals surface area contributed by atoms with Gasteiger partial charge in [-0.3, -0.25) is 14.4 Å². The maximum Gasteiger partial charge on any atom is 0.407 e. The fraction of sp³-hybridized carbons (Fsp3) is 0.545. The fourth-order valence-corrected chi connectivity index (χ4v) is 4.39. The van der Waals surface area contributed by atoms with Crippen LogP contribution in [0.2, 0.25) is 0 Å². The van der Waals surface area contributed by atoms with Crippen LogP contribution in [0.3, 0.4) is 0 Å². The monoisotopic (exact) mass is 456 g/mol. The van der Waals surface area contributed by atoms with Gasteiger partial charge in [0.05, 0.1) is 5.69 Å². The molecule has 176 valence electrons. The molecule has 1 saturated heterocycles. The second kappa shape index (κ2) is 8.97. The van der Waals surface area contributed by atoms with E-state index >= 15 is 4.39 Å². The van der Waals surface area contributed by atoms with Gasteiger partial charge in [0.25, 0.3) is 0 Å². The Bertz CT molecular complexity index is 1120. The molecule has 0 spiro atoms. The molecule has 11 heteroatoms. The van der Waals surface area contributed by atoms with Crippen LogP contribution in [0.4, 0.5) is 21.0 Å². The Morgan fingerprint density at radius 3 is 2.97 bits per heavy atom. The number of nitrogens with one attached hydrogen (secondary N) is 3. The number of fused-ring (bicyclic) bond motifs is 1. The number of rotatable bonds is 7. The second-order valence-electron chi connectivity index (χ2n) is 9.06. The van der Waals surface area contributed by atoms with Crippen LogP contribution >= 0.6 is 0 Å². The standard InChI is InChI=1S/C22H29FN8O2/c1-13(2)25-22(32)33-17-5-4-15(20(17)23)16-10-18(29-28-16)27-21-24-7-6-19-26-14(12-31(19)21)11-30-8-3-9-30/h6-7,10,12-13,15,17,20H,3-5,8-9,11H2,1-2H3,(H,25,32)(H2,24,27,28,29)/t15-,17-,20-/m1/s1. The molecule has 3 N–H and O–H groups in total. The lowest BCUT2D eigenvalue weighted by atomic mass is 10.0. The molecule has 3 atom stereocenters. The molecular weight excluding hydrogens is 427 g/mol. The lowest BCUT2D eigenvalue weighted by Crippen LogP contribution is -2.36. The van der Waals surface area contributed by atoms with Crippen molar-refractivity contribution in [3.05, 3.63) is 35.9 Å². The number of aromatic nitrogens is 5. The summed E-state index contributed by atoms with van der Waals surface area (Å²) >= 11 is 0. The zero-order valence-corrected chi connectivity index (χ0v) is 18.8. The number of likely N-dealkylation sites (tertiary alicyclic amines) is 1. The lowest BCUT2D eigenvalue weighted by Gasteiger charge is -2.29. The minimum absolute atomic E-state index is 0.0608. The van der Waals surface area contributed by atoms with Gasteiger partial charge in [0.15, 0.2) is 5.82 Å². The Morgan fingerprint density at radius 1 is 1.36 bits per heavy atom. The first-order valence-electron chi connectivity index (χ1n) is 11.4. The van der Waals surface area contributed by atoms with Crippen LogP contribution in [0, 0.1) is 0 Å². The molecule has 3 aromatic heterocycles. The van der Waals surface area contributed by atoms with Crippen LogP contribution < -0.4 is 10.6 Å². The van der Waals surface area contributed by atoms with E-state index in [0.29, 0.717) is 30.3 Å². The van der Waals surface area contributed by atoms with Gasteiger partial charge in [-0.05, 0) is 52.3 Å². The summed E-state index contributed by atoms with van der Waals surface area (Å²) in [6, 6.07) is 3.59. The number of hydrogen-bond acceptors (Lipinski definition) is 7. The SMILES string of the molecule is CC(C)NC(=O)O[C@@H]1CC[C@H](c2cc(Nc3nccc4nc(CN5CCC5)cn34)n[nH]2)[C@H]1F. The molecule has 2 aliphatic rings. The van der Waals surface area contributed by atoms with Crippen molar-refractivity contribution < 1.29 is 13.9 Å². The van der Waals surface area contributed by atoms with E-state index in [9.17, 15) is 4.79 Å². The third-order valence-electron chi connectivity index (χ3n) is 6.17. The van der Waals surface area contributed by atoms with E-state index in [1.165, 1.54) is 6.42 Å². The van der Waals surface area contributed by atoms with Gasteiger partial charge in [0.2, 0.25) is 5.95 Å². The smallest absolute Gasteiger partial charge is 0.407 e. The number of carbonyl (C=O) groups is 1. The second-order valence-corrected chi connectivity index (χ2v) is 9.06. The first kappa shape index (κ1) is 21.6. The molecule has 4 heterocycles. The van der Waals surface area contributed by atoms with E-state index in [2.05, 4.69) is 35.7 Å². The summed E-state index contributed by atoms with van der Waals surface area (Å²) in [7, 11) is 0. The van der Waals surface area contributed by atoms with E-state index in [0.717, 1.165) is 31.0 Å². The maximum atomic E-state index is 15.0. The minimum atomic E-state index is -1.30. The molecule has 1 amide bonds. The molecule has 1 saturated carbocycles. The van der Waals surface area contributed by atoms with Crippen molar-refractivity contribution in [1.82, 2.24) is 34.8 Å². The fourth-order valence-electron chi connectivity index (χ4n) is 4.39. The van der Waals surface area contributed by atoms with Gasteiger partial charge in [-0.15, -0.1) is 0 Å². The van der Waals surface area contributed by atoms with Gasteiger partial charge in [-0.2, -0.15) is 5.10 Å². The summed E-state index contributed by atoms with van der Waals surface area (Å²) in [4.78, 5) is 23.3. The highest BCUT2D eigenvalue weighted by atomic mass is 19.1. The maximum absolute atomic E-state index is 15.0. The molecule has 2 fully saturated rings. The zero-order chi connectivity index (χ0) is 22.9. The van der Waals surface area contributed by atoms with Crippen molar-refractivity contribution in [2.45, 2.75) is 63.9 Å². The molecular formula is C22H29FN8O2. The molecule has 0 aromatic carbocycles. The van der Waals surface area contributed by atoms with Crippen LogP contribution in [-0.2, 0) is 11.3 Å². The number of imidazole rings is 1. The van der Waals surface area contributed by atoms with Crippen LogP contribution in [0.15, 0.2) is 24.5 Å². The van der Waals surface area contributed by atoms with Crippen LogP contribution in [0.5, 0.6) is 0 Å². The van der Waals surface area contributed by atoms with E-state index in [-0.39, 0.29) is 6.04 Å². The molecule has 10 nitrogen and oxygen atoms in total. The van der Waals surface area contributed by atoms with Crippen LogP contribution in [-0.4, -0.2) is 67.0 Å². The molecule has 5 rings (SSSR count). The van der Waals surface area contributed by atoms with Crippen LogP contribution in [0.25, 0.3) is 5.65 Å². The number of anilines is 2. The highest BCUT2D eigenvalue weighted by Gasteiger charge is 2.40. The average Bonchev–Trinajstić information content (AvgIpc) is 3.44. The van der Waals surface area contributed by atoms with Gasteiger partial charge in [-0.25, -0.2) is 19.2 Å². The first-order valence-corrected chi connectivity index (χ1v) is 11.4. The summed E-state index contributed by atoms with van der Waals surface area (Å²) in [5.74, 6) is 0.713. The van der Waals surface area contributed by atoms with Gasteiger partial charge < -0.3 is 15.4 Å². The van der Waals surface area contributed by atoms with Gasteiger partial charge in [0, 0.05) is 42.7 Å². The minimum Gasteiger partial charge on any atom is -0.443 e. The van der Waals surface area contributed by atoms with Crippen molar-refractivity contribution in [3.63, 3.8) is 0 Å². The molecule has 0 radical (unpaired) electrons. The third-order valence-corrected chi connectivity index (χ3v) is 6.17. The Labute approximate surface area is 190 Å². The van der Waals surface area contributed by atoms with E-state index < -0.39 is 24.3 Å². The summed E-state index contributed by atoms with van der Waals surface area (Å²) in [5, 5.41) is 13.1. The number of aromatic amines is 1. The molecule has 0 unspecified atom stereocenters. The van der Waals surface area contributed by atoms with Crippen molar-refractivity contribution in [2.75, 3.05) is 18.4 Å². The molecule has 1 aliphatic carbocycles.